The molecule has 3 heterocycles. The highest BCUT2D eigenvalue weighted by Gasteiger charge is 2.21. The molecular weight excluding hydrogens is 400 g/mol. The zero-order valence-corrected chi connectivity index (χ0v) is 17.3. The minimum Gasteiger partial charge on any atom is -0.348 e. The topological polar surface area (TPSA) is 59.0 Å². The molecule has 27 heavy (non-hydrogen) atoms. The fraction of sp³-hybridized carbons (Fsp3) is 0.316. The molecule has 1 fully saturated rings. The molecule has 140 valence electrons. The van der Waals surface area contributed by atoms with E-state index in [1.165, 1.54) is 19.3 Å². The Morgan fingerprint density at radius 3 is 2.70 bits per heavy atom. The van der Waals surface area contributed by atoms with Crippen molar-refractivity contribution in [1.29, 1.82) is 0 Å². The van der Waals surface area contributed by atoms with Gasteiger partial charge in [0.1, 0.15) is 0 Å². The van der Waals surface area contributed by atoms with Gasteiger partial charge in [-0.2, -0.15) is 0 Å². The third kappa shape index (κ3) is 4.05. The molecule has 2 aromatic heterocycles. The van der Waals surface area contributed by atoms with Crippen LogP contribution < -0.4 is 4.90 Å². The summed E-state index contributed by atoms with van der Waals surface area (Å²) >= 11 is 7.84. The van der Waals surface area contributed by atoms with Gasteiger partial charge in [-0.1, -0.05) is 35.1 Å². The highest BCUT2D eigenvalue weighted by Crippen LogP contribution is 2.40. The summed E-state index contributed by atoms with van der Waals surface area (Å²) in [7, 11) is -1.23. The van der Waals surface area contributed by atoms with Gasteiger partial charge in [0.15, 0.2) is 5.13 Å². The molecule has 0 bridgehead atoms. The van der Waals surface area contributed by atoms with Crippen LogP contribution >= 0.6 is 22.9 Å². The van der Waals surface area contributed by atoms with Crippen LogP contribution in [-0.4, -0.2) is 38.5 Å². The summed E-state index contributed by atoms with van der Waals surface area (Å²) in [5.41, 5.74) is 2.55. The third-order valence-corrected chi connectivity index (χ3v) is 6.55. The predicted molar refractivity (Wildman–Crippen MR) is 112 cm³/mol. The van der Waals surface area contributed by atoms with E-state index in [4.69, 9.17) is 16.6 Å². The van der Waals surface area contributed by atoms with Gasteiger partial charge in [0, 0.05) is 36.1 Å². The zero-order valence-electron chi connectivity index (χ0n) is 14.9. The monoisotopic (exact) mass is 418 g/mol. The molecule has 8 heteroatoms. The van der Waals surface area contributed by atoms with E-state index in [-0.39, 0.29) is 0 Å². The van der Waals surface area contributed by atoms with Crippen molar-refractivity contribution in [2.75, 3.05) is 24.2 Å². The average molecular weight is 419 g/mol. The molecular formula is C19H19ClN4OS2. The van der Waals surface area contributed by atoms with Gasteiger partial charge >= 0.3 is 0 Å². The first kappa shape index (κ1) is 18.5. The molecule has 0 radical (unpaired) electrons. The maximum atomic E-state index is 11.8. The fourth-order valence-corrected chi connectivity index (χ4v) is 4.88. The molecule has 0 amide bonds. The number of halogens is 1. The van der Waals surface area contributed by atoms with Gasteiger partial charge in [-0.3, -0.25) is 4.21 Å². The van der Waals surface area contributed by atoms with Crippen LogP contribution in [0.3, 0.4) is 0 Å². The number of hydrogen-bond donors (Lipinski definition) is 0. The highest BCUT2D eigenvalue weighted by atomic mass is 35.5. The molecule has 1 atom stereocenters. The Bertz CT molecular complexity index is 985. The summed E-state index contributed by atoms with van der Waals surface area (Å²) in [4.78, 5) is 16.9. The van der Waals surface area contributed by atoms with Crippen LogP contribution in [0.25, 0.3) is 21.8 Å². The number of nitrogens with zero attached hydrogens (tertiary/aromatic N) is 4. The Balaban J connectivity index is 1.84. The Labute approximate surface area is 169 Å². The van der Waals surface area contributed by atoms with E-state index in [1.54, 1.807) is 23.8 Å². The van der Waals surface area contributed by atoms with Gasteiger partial charge in [-0.25, -0.2) is 15.0 Å². The largest absolute Gasteiger partial charge is 0.348 e. The Hall–Kier alpha value is -1.83. The first-order chi connectivity index (χ1) is 13.1. The predicted octanol–water partition coefficient (Wildman–Crippen LogP) is 4.65. The van der Waals surface area contributed by atoms with Gasteiger partial charge in [-0.15, -0.1) is 0 Å². The number of rotatable bonds is 4. The highest BCUT2D eigenvalue weighted by molar-refractivity contribution is 7.84. The number of anilines is 1. The van der Waals surface area contributed by atoms with Crippen LogP contribution in [0.2, 0.25) is 5.02 Å². The summed E-state index contributed by atoms with van der Waals surface area (Å²) in [5.74, 6) is 0. The molecule has 1 aliphatic rings. The van der Waals surface area contributed by atoms with Crippen LogP contribution in [0.1, 0.15) is 19.3 Å². The van der Waals surface area contributed by atoms with Crippen LogP contribution in [-0.2, 0) is 10.8 Å². The molecule has 1 unspecified atom stereocenters. The standard InChI is InChI=1S/C19H19ClN4OS2/c1-27(25)18-21-9-8-15(22-18)17-16(13-6-5-7-14(20)12-13)23-19(26-17)24-10-3-2-4-11-24/h5-9,12H,2-4,10-11H2,1H3. The summed E-state index contributed by atoms with van der Waals surface area (Å²) < 4.78 is 11.8. The summed E-state index contributed by atoms with van der Waals surface area (Å²) in [6, 6.07) is 9.54. The first-order valence-corrected chi connectivity index (χ1v) is 11.6. The second-order valence-electron chi connectivity index (χ2n) is 6.41. The van der Waals surface area contributed by atoms with E-state index >= 15 is 0 Å². The summed E-state index contributed by atoms with van der Waals surface area (Å²) in [6.07, 6.45) is 6.89. The quantitative estimate of drug-likeness (QED) is 0.577. The number of benzene rings is 1. The van der Waals surface area contributed by atoms with E-state index in [1.807, 2.05) is 30.3 Å². The molecule has 5 nitrogen and oxygen atoms in total. The maximum Gasteiger partial charge on any atom is 0.218 e. The minimum absolute atomic E-state index is 0.331. The number of thiazole rings is 1. The zero-order chi connectivity index (χ0) is 18.8. The van der Waals surface area contributed by atoms with Crippen molar-refractivity contribution in [3.8, 4) is 21.8 Å². The lowest BCUT2D eigenvalue weighted by molar-refractivity contribution is 0.577. The first-order valence-electron chi connectivity index (χ1n) is 8.80. The lowest BCUT2D eigenvalue weighted by atomic mass is 10.1. The maximum absolute atomic E-state index is 11.8. The van der Waals surface area contributed by atoms with E-state index < -0.39 is 10.8 Å². The van der Waals surface area contributed by atoms with Crippen molar-refractivity contribution in [1.82, 2.24) is 15.0 Å². The molecule has 0 aliphatic carbocycles. The van der Waals surface area contributed by atoms with Gasteiger partial charge in [0.25, 0.3) is 0 Å². The van der Waals surface area contributed by atoms with E-state index in [0.29, 0.717) is 10.2 Å². The SMILES string of the molecule is CS(=O)c1nccc(-c2sc(N3CCCCC3)nc2-c2cccc(Cl)c2)n1. The van der Waals surface area contributed by atoms with Gasteiger partial charge in [-0.05, 0) is 37.5 Å². The lowest BCUT2D eigenvalue weighted by Gasteiger charge is -2.25. The van der Waals surface area contributed by atoms with Crippen LogP contribution in [0.15, 0.2) is 41.7 Å². The molecule has 0 saturated carbocycles. The molecule has 3 aromatic rings. The van der Waals surface area contributed by atoms with Crippen LogP contribution in [0, 0.1) is 0 Å². The second-order valence-corrected chi connectivity index (χ2v) is 9.10. The number of hydrogen-bond acceptors (Lipinski definition) is 6. The summed E-state index contributed by atoms with van der Waals surface area (Å²) in [5, 5.41) is 2.00. The second kappa shape index (κ2) is 8.04. The fourth-order valence-electron chi connectivity index (χ4n) is 3.14. The van der Waals surface area contributed by atoms with Gasteiger partial charge in [0.05, 0.1) is 27.1 Å². The van der Waals surface area contributed by atoms with Crippen LogP contribution in [0.5, 0.6) is 0 Å². The van der Waals surface area contributed by atoms with E-state index in [2.05, 4.69) is 14.9 Å². The molecule has 0 spiro atoms. The smallest absolute Gasteiger partial charge is 0.218 e. The molecule has 1 aliphatic heterocycles. The number of piperidine rings is 1. The Kier molecular flexibility index (Phi) is 5.52. The molecule has 1 aromatic carbocycles. The van der Waals surface area contributed by atoms with Crippen molar-refractivity contribution in [3.05, 3.63) is 41.6 Å². The Morgan fingerprint density at radius 2 is 1.96 bits per heavy atom. The summed E-state index contributed by atoms with van der Waals surface area (Å²) in [6.45, 7) is 2.05. The van der Waals surface area contributed by atoms with Crippen molar-refractivity contribution >= 4 is 38.9 Å². The Morgan fingerprint density at radius 1 is 1.15 bits per heavy atom. The van der Waals surface area contributed by atoms with Crippen molar-refractivity contribution < 1.29 is 4.21 Å². The van der Waals surface area contributed by atoms with E-state index in [0.717, 1.165) is 40.0 Å². The number of aromatic nitrogens is 3. The average Bonchev–Trinajstić information content (AvgIpc) is 3.14. The van der Waals surface area contributed by atoms with Gasteiger partial charge < -0.3 is 4.90 Å². The van der Waals surface area contributed by atoms with Crippen molar-refractivity contribution in [3.63, 3.8) is 0 Å². The van der Waals surface area contributed by atoms with E-state index in [9.17, 15) is 4.21 Å². The molecule has 0 N–H and O–H groups in total. The lowest BCUT2D eigenvalue weighted by Crippen LogP contribution is -2.29. The third-order valence-electron chi connectivity index (χ3n) is 4.46. The van der Waals surface area contributed by atoms with Crippen molar-refractivity contribution in [2.45, 2.75) is 24.4 Å². The molecule has 1 saturated heterocycles. The van der Waals surface area contributed by atoms with Crippen LogP contribution in [0.4, 0.5) is 5.13 Å². The van der Waals surface area contributed by atoms with Gasteiger partial charge in [0.2, 0.25) is 5.16 Å². The normalized spacial score (nSPS) is 15.7. The molecule has 4 rings (SSSR count). The van der Waals surface area contributed by atoms with Crippen molar-refractivity contribution in [2.24, 2.45) is 0 Å². The minimum atomic E-state index is -1.23.